The summed E-state index contributed by atoms with van der Waals surface area (Å²) in [5, 5.41) is 2.85. The van der Waals surface area contributed by atoms with Crippen LogP contribution in [0.15, 0.2) is 30.3 Å². The Labute approximate surface area is 231 Å². The molecule has 0 aliphatic rings. The maximum absolute atomic E-state index is 14.9. The number of likely N-dealkylation sites (N-methyl/N-ethyl adjacent to an activating group) is 1. The average molecular weight is 643 g/mol. The number of benzene rings is 2. The molecule has 0 heterocycles. The van der Waals surface area contributed by atoms with Crippen molar-refractivity contribution < 1.29 is 75.8 Å². The Hall–Kier alpha value is -4.07. The summed E-state index contributed by atoms with van der Waals surface area (Å²) in [7, 11) is 5.73. The first kappa shape index (κ1) is 35.1. The van der Waals surface area contributed by atoms with E-state index in [4.69, 9.17) is 7.85 Å². The van der Waals surface area contributed by atoms with Gasteiger partial charge >= 0.3 is 42.2 Å². The van der Waals surface area contributed by atoms with Crippen LogP contribution in [0.2, 0.25) is 0 Å². The van der Waals surface area contributed by atoms with Crippen LogP contribution in [-0.4, -0.2) is 62.6 Å². The number of rotatable bonds is 5. The second-order valence-electron chi connectivity index (χ2n) is 8.49. The Morgan fingerprint density at radius 3 is 1.84 bits per heavy atom. The minimum Gasteiger partial charge on any atom is -0.328 e. The predicted molar refractivity (Wildman–Crippen MR) is 118 cm³/mol. The van der Waals surface area contributed by atoms with Gasteiger partial charge in [-0.2, -0.15) is 52.7 Å². The third kappa shape index (κ3) is 7.48. The van der Waals surface area contributed by atoms with Crippen LogP contribution in [0.5, 0.6) is 0 Å². The molecule has 0 unspecified atom stereocenters. The van der Waals surface area contributed by atoms with Gasteiger partial charge in [-0.25, -0.2) is 8.78 Å². The van der Waals surface area contributed by atoms with Crippen molar-refractivity contribution in [3.05, 3.63) is 52.8 Å². The molecule has 2 radical (unpaired) electrons. The summed E-state index contributed by atoms with van der Waals surface area (Å²) in [6, 6.07) is 0.541. The Kier molecular flexibility index (Phi) is 9.44. The number of alkyl halides is 13. The molecule has 0 spiro atoms. The molecule has 234 valence electrons. The highest BCUT2D eigenvalue weighted by molar-refractivity contribution is 6.39. The summed E-state index contributed by atoms with van der Waals surface area (Å²) in [6.45, 7) is -1.90. The van der Waals surface area contributed by atoms with E-state index in [0.717, 1.165) is 6.07 Å². The molecule has 6 nitrogen and oxygen atoms in total. The molecule has 0 saturated carbocycles. The zero-order valence-corrected chi connectivity index (χ0v) is 20.6. The fourth-order valence-electron chi connectivity index (χ4n) is 3.39. The van der Waals surface area contributed by atoms with Crippen molar-refractivity contribution in [1.82, 2.24) is 4.90 Å². The highest BCUT2D eigenvalue weighted by Crippen LogP contribution is 2.54. The summed E-state index contributed by atoms with van der Waals surface area (Å²) in [6.07, 6.45) is -24.5. The van der Waals surface area contributed by atoms with Crippen molar-refractivity contribution in [3.8, 4) is 0 Å². The molecule has 0 bridgehead atoms. The van der Waals surface area contributed by atoms with E-state index < -0.39 is 106 Å². The second-order valence-corrected chi connectivity index (χ2v) is 8.49. The van der Waals surface area contributed by atoms with Crippen molar-refractivity contribution in [2.75, 3.05) is 24.2 Å². The predicted octanol–water partition coefficient (Wildman–Crippen LogP) is 5.14. The average Bonchev–Trinajstić information content (AvgIpc) is 2.81. The number of carbonyl (C=O) groups is 3. The van der Waals surface area contributed by atoms with Crippen LogP contribution in [0.1, 0.15) is 21.5 Å². The smallest absolute Gasteiger partial charge is 0.328 e. The molecule has 2 N–H and O–H groups in total. The Bertz CT molecular complexity index is 1400. The summed E-state index contributed by atoms with van der Waals surface area (Å²) < 4.78 is 186. The molecule has 2 aromatic rings. The van der Waals surface area contributed by atoms with Crippen LogP contribution in [0.4, 0.5) is 72.8 Å². The highest BCUT2D eigenvalue weighted by Gasteiger charge is 2.73. The molecule has 2 aromatic carbocycles. The van der Waals surface area contributed by atoms with Gasteiger partial charge in [-0.05, 0) is 18.2 Å². The Balaban J connectivity index is 2.52. The number of anilines is 2. The van der Waals surface area contributed by atoms with Crippen LogP contribution in [0.3, 0.4) is 0 Å². The van der Waals surface area contributed by atoms with Gasteiger partial charge in [-0.1, -0.05) is 17.6 Å². The quantitative estimate of drug-likeness (QED) is 0.270. The molecule has 0 fully saturated rings. The van der Waals surface area contributed by atoms with E-state index in [2.05, 4.69) is 0 Å². The second kappa shape index (κ2) is 11.6. The fraction of sp³-hybridized carbons (Fsp3) is 0.318. The van der Waals surface area contributed by atoms with Gasteiger partial charge in [0.15, 0.2) is 5.82 Å². The first-order valence-electron chi connectivity index (χ1n) is 10.8. The van der Waals surface area contributed by atoms with Crippen molar-refractivity contribution in [1.29, 1.82) is 0 Å². The standard InChI is InChI=1S/C22H12BF14N3O3/c1-40(7-18(25,26)27)17(43)16(42)38-12-4-2-3-9(13(12)24)15(41)39-14-10(20(29,30)31)5-8(6-11(14)23)19(28,21(32,33)34)22(35,36)37/h2-6H,7H2,1H3,(H,38,42)(H,39,41). The maximum atomic E-state index is 14.9. The number of hydrogen-bond donors (Lipinski definition) is 2. The molecule has 0 aliphatic heterocycles. The van der Waals surface area contributed by atoms with Gasteiger partial charge in [-0.15, -0.1) is 0 Å². The zero-order chi connectivity index (χ0) is 33.5. The van der Waals surface area contributed by atoms with Crippen LogP contribution in [0, 0.1) is 5.82 Å². The van der Waals surface area contributed by atoms with Crippen LogP contribution < -0.4 is 16.1 Å². The summed E-state index contributed by atoms with van der Waals surface area (Å²) in [5.41, 5.74) is -17.2. The van der Waals surface area contributed by atoms with E-state index in [-0.39, 0.29) is 4.90 Å². The van der Waals surface area contributed by atoms with E-state index in [1.54, 1.807) is 0 Å². The molecule has 0 aliphatic carbocycles. The minimum absolute atomic E-state index is 0.113. The molecular weight excluding hydrogens is 631 g/mol. The lowest BCUT2D eigenvalue weighted by molar-refractivity contribution is -0.348. The summed E-state index contributed by atoms with van der Waals surface area (Å²) >= 11 is 0. The largest absolute Gasteiger partial charge is 0.435 e. The normalized spacial score (nSPS) is 13.0. The lowest BCUT2D eigenvalue weighted by atomic mass is 9.83. The SMILES string of the molecule is [B]c1cc(C(F)(C(F)(F)F)C(F)(F)F)cc(C(F)(F)F)c1NC(=O)c1cccc(NC(=O)C(=O)N(C)CC(F)(F)F)c1F. The van der Waals surface area contributed by atoms with Gasteiger partial charge in [0.05, 0.1) is 16.8 Å². The van der Waals surface area contributed by atoms with Crippen LogP contribution in [0.25, 0.3) is 0 Å². The lowest BCUT2D eigenvalue weighted by Gasteiger charge is -2.31. The number of carbonyl (C=O) groups excluding carboxylic acids is 3. The van der Waals surface area contributed by atoms with Gasteiger partial charge < -0.3 is 15.5 Å². The van der Waals surface area contributed by atoms with E-state index in [9.17, 15) is 75.8 Å². The first-order chi connectivity index (χ1) is 19.2. The summed E-state index contributed by atoms with van der Waals surface area (Å²) in [5.74, 6) is -7.40. The Morgan fingerprint density at radius 2 is 1.37 bits per heavy atom. The van der Waals surface area contributed by atoms with Gasteiger partial charge in [0.2, 0.25) is 0 Å². The zero-order valence-electron chi connectivity index (χ0n) is 20.6. The molecule has 0 aromatic heterocycles. The third-order valence-electron chi connectivity index (χ3n) is 5.34. The molecule has 3 amide bonds. The van der Waals surface area contributed by atoms with Crippen molar-refractivity contribution in [2.24, 2.45) is 0 Å². The third-order valence-corrected chi connectivity index (χ3v) is 5.34. The number of halogens is 14. The van der Waals surface area contributed by atoms with Gasteiger partial charge in [0.25, 0.3) is 5.91 Å². The topological polar surface area (TPSA) is 78.5 Å². The number of hydrogen-bond acceptors (Lipinski definition) is 3. The first-order valence-corrected chi connectivity index (χ1v) is 10.8. The number of amides is 3. The van der Waals surface area contributed by atoms with Crippen LogP contribution >= 0.6 is 0 Å². The molecule has 0 atom stereocenters. The van der Waals surface area contributed by atoms with E-state index in [1.807, 2.05) is 0 Å². The molecule has 43 heavy (non-hydrogen) atoms. The maximum Gasteiger partial charge on any atom is 0.435 e. The van der Waals surface area contributed by atoms with Crippen molar-refractivity contribution >= 4 is 42.4 Å². The van der Waals surface area contributed by atoms with Crippen LogP contribution in [-0.2, 0) is 21.4 Å². The van der Waals surface area contributed by atoms with Gasteiger partial charge in [-0.3, -0.25) is 14.4 Å². The van der Waals surface area contributed by atoms with Crippen molar-refractivity contribution in [3.63, 3.8) is 0 Å². The van der Waals surface area contributed by atoms with E-state index in [1.165, 1.54) is 10.6 Å². The molecule has 2 rings (SSSR count). The minimum atomic E-state index is -6.83. The van der Waals surface area contributed by atoms with Gasteiger partial charge in [0, 0.05) is 18.3 Å². The van der Waals surface area contributed by atoms with Gasteiger partial charge in [0.1, 0.15) is 14.4 Å². The fourth-order valence-corrected chi connectivity index (χ4v) is 3.39. The molecule has 21 heteroatoms. The van der Waals surface area contributed by atoms with E-state index >= 15 is 0 Å². The number of nitrogens with one attached hydrogen (secondary N) is 2. The lowest BCUT2D eigenvalue weighted by Crippen LogP contribution is -2.51. The molecule has 0 saturated heterocycles. The number of nitrogens with zero attached hydrogens (tertiary/aromatic N) is 1. The highest BCUT2D eigenvalue weighted by atomic mass is 19.4. The molecular formula is C22H12BF14N3O3. The van der Waals surface area contributed by atoms with E-state index in [0.29, 0.717) is 19.2 Å². The Morgan fingerprint density at radius 1 is 0.837 bits per heavy atom. The monoisotopic (exact) mass is 643 g/mol. The summed E-state index contributed by atoms with van der Waals surface area (Å²) in [4.78, 5) is 36.2. The van der Waals surface area contributed by atoms with Crippen molar-refractivity contribution in [2.45, 2.75) is 30.4 Å².